The Kier molecular flexibility index (Phi) is 6.31. The number of nitrogens with one attached hydrogen (secondary N) is 1. The zero-order chi connectivity index (χ0) is 15.9. The second kappa shape index (κ2) is 8.22. The van der Waals surface area contributed by atoms with Crippen LogP contribution < -0.4 is 5.32 Å². The molecule has 0 saturated carbocycles. The van der Waals surface area contributed by atoms with Crippen LogP contribution in [0.25, 0.3) is 0 Å². The van der Waals surface area contributed by atoms with Crippen molar-refractivity contribution in [2.45, 2.75) is 43.3 Å². The number of amides is 2. The van der Waals surface area contributed by atoms with Crippen LogP contribution in [0.3, 0.4) is 0 Å². The molecule has 0 radical (unpaired) electrons. The highest BCUT2D eigenvalue weighted by Crippen LogP contribution is 2.26. The van der Waals surface area contributed by atoms with Crippen LogP contribution in [0.1, 0.15) is 43.5 Å². The van der Waals surface area contributed by atoms with E-state index in [0.717, 1.165) is 36.4 Å². The van der Waals surface area contributed by atoms with Gasteiger partial charge in [0.1, 0.15) is 0 Å². The van der Waals surface area contributed by atoms with Gasteiger partial charge in [0.25, 0.3) is 5.91 Å². The number of likely N-dealkylation sites (tertiary alicyclic amines) is 1. The molecule has 0 bridgehead atoms. The molecule has 1 saturated heterocycles. The first-order chi connectivity index (χ1) is 10.6. The molecule has 0 aliphatic carbocycles. The lowest BCUT2D eigenvalue weighted by molar-refractivity contribution is -0.127. The molecule has 1 aliphatic rings. The SMILES string of the molecule is CC(C)Sc1ccccc1C(=O)NCCCN1CCCC1=O. The molecule has 1 aromatic rings. The maximum Gasteiger partial charge on any atom is 0.252 e. The number of carbonyl (C=O) groups excluding carboxylic acids is 2. The minimum Gasteiger partial charge on any atom is -0.352 e. The summed E-state index contributed by atoms with van der Waals surface area (Å²) in [6, 6.07) is 7.70. The second-order valence-corrected chi connectivity index (χ2v) is 7.37. The number of nitrogens with zero attached hydrogens (tertiary/aromatic N) is 1. The largest absolute Gasteiger partial charge is 0.352 e. The number of hydrogen-bond donors (Lipinski definition) is 1. The first kappa shape index (κ1) is 16.9. The summed E-state index contributed by atoms with van der Waals surface area (Å²) in [7, 11) is 0. The molecule has 22 heavy (non-hydrogen) atoms. The number of benzene rings is 1. The van der Waals surface area contributed by atoms with Crippen LogP contribution in [0.5, 0.6) is 0 Å². The zero-order valence-corrected chi connectivity index (χ0v) is 14.1. The van der Waals surface area contributed by atoms with Crippen LogP contribution in [-0.4, -0.2) is 41.6 Å². The molecule has 0 spiro atoms. The molecule has 4 nitrogen and oxygen atoms in total. The third-order valence-corrected chi connectivity index (χ3v) is 4.64. The number of rotatable bonds is 7. The van der Waals surface area contributed by atoms with Gasteiger partial charge in [-0.1, -0.05) is 26.0 Å². The average molecular weight is 320 g/mol. The van der Waals surface area contributed by atoms with Crippen molar-refractivity contribution in [1.29, 1.82) is 0 Å². The molecule has 5 heteroatoms. The first-order valence-corrected chi connectivity index (χ1v) is 8.77. The smallest absolute Gasteiger partial charge is 0.252 e. The Morgan fingerprint density at radius 3 is 2.82 bits per heavy atom. The van der Waals surface area contributed by atoms with Gasteiger partial charge in [0.2, 0.25) is 5.91 Å². The lowest BCUT2D eigenvalue weighted by atomic mass is 10.2. The first-order valence-electron chi connectivity index (χ1n) is 7.89. The van der Waals surface area contributed by atoms with Crippen molar-refractivity contribution >= 4 is 23.6 Å². The monoisotopic (exact) mass is 320 g/mol. The zero-order valence-electron chi connectivity index (χ0n) is 13.3. The highest BCUT2D eigenvalue weighted by molar-refractivity contribution is 8.00. The van der Waals surface area contributed by atoms with E-state index in [4.69, 9.17) is 0 Å². The standard InChI is InChI=1S/C17H24N2O2S/c1-13(2)22-15-8-4-3-7-14(15)17(21)18-10-6-12-19-11-5-9-16(19)20/h3-4,7-8,13H,5-6,9-12H2,1-2H3,(H,18,21). The van der Waals surface area contributed by atoms with Crippen molar-refractivity contribution in [1.82, 2.24) is 10.2 Å². The van der Waals surface area contributed by atoms with Gasteiger partial charge in [-0.2, -0.15) is 0 Å². The van der Waals surface area contributed by atoms with Crippen molar-refractivity contribution in [2.24, 2.45) is 0 Å². The van der Waals surface area contributed by atoms with E-state index in [0.29, 0.717) is 18.2 Å². The molecule has 1 fully saturated rings. The van der Waals surface area contributed by atoms with E-state index in [9.17, 15) is 9.59 Å². The van der Waals surface area contributed by atoms with Crippen molar-refractivity contribution < 1.29 is 9.59 Å². The summed E-state index contributed by atoms with van der Waals surface area (Å²) >= 11 is 1.70. The molecule has 2 amide bonds. The normalized spacial score (nSPS) is 14.7. The van der Waals surface area contributed by atoms with Crippen molar-refractivity contribution in [3.05, 3.63) is 29.8 Å². The van der Waals surface area contributed by atoms with Crippen molar-refractivity contribution in [3.63, 3.8) is 0 Å². The Hall–Kier alpha value is -1.49. The number of hydrogen-bond acceptors (Lipinski definition) is 3. The van der Waals surface area contributed by atoms with E-state index in [2.05, 4.69) is 19.2 Å². The Labute approximate surface area is 136 Å². The minimum absolute atomic E-state index is 0.0310. The van der Waals surface area contributed by atoms with Gasteiger partial charge in [-0.05, 0) is 25.0 Å². The Balaban J connectivity index is 1.81. The lowest BCUT2D eigenvalue weighted by Gasteiger charge is -2.15. The molecule has 120 valence electrons. The molecule has 2 rings (SSSR count). The molecule has 0 unspecified atom stereocenters. The van der Waals surface area contributed by atoms with E-state index in [-0.39, 0.29) is 11.8 Å². The highest BCUT2D eigenvalue weighted by atomic mass is 32.2. The van der Waals surface area contributed by atoms with E-state index in [1.165, 1.54) is 0 Å². The molecule has 0 atom stereocenters. The molecule has 1 aromatic carbocycles. The molecular weight excluding hydrogens is 296 g/mol. The number of thioether (sulfide) groups is 1. The van der Waals surface area contributed by atoms with Gasteiger partial charge in [-0.25, -0.2) is 0 Å². The van der Waals surface area contributed by atoms with E-state index < -0.39 is 0 Å². The summed E-state index contributed by atoms with van der Waals surface area (Å²) in [4.78, 5) is 26.7. The molecule has 1 aliphatic heterocycles. The van der Waals surface area contributed by atoms with Crippen LogP contribution in [0.4, 0.5) is 0 Å². The fourth-order valence-corrected chi connectivity index (χ4v) is 3.47. The van der Waals surface area contributed by atoms with Crippen LogP contribution in [0.15, 0.2) is 29.2 Å². The Morgan fingerprint density at radius 1 is 1.36 bits per heavy atom. The van der Waals surface area contributed by atoms with Crippen LogP contribution in [0.2, 0.25) is 0 Å². The minimum atomic E-state index is -0.0310. The summed E-state index contributed by atoms with van der Waals surface area (Å²) in [5, 5.41) is 3.40. The van der Waals surface area contributed by atoms with Crippen molar-refractivity contribution in [2.75, 3.05) is 19.6 Å². The van der Waals surface area contributed by atoms with Gasteiger partial charge in [-0.3, -0.25) is 9.59 Å². The average Bonchev–Trinajstić information content (AvgIpc) is 2.89. The van der Waals surface area contributed by atoms with Crippen LogP contribution >= 0.6 is 11.8 Å². The summed E-state index contributed by atoms with van der Waals surface area (Å²) < 4.78 is 0. The maximum absolute atomic E-state index is 12.3. The third-order valence-electron chi connectivity index (χ3n) is 3.56. The Bertz CT molecular complexity index is 531. The summed E-state index contributed by atoms with van der Waals surface area (Å²) in [5.74, 6) is 0.210. The van der Waals surface area contributed by atoms with Gasteiger partial charge < -0.3 is 10.2 Å². The molecule has 1 N–H and O–H groups in total. The summed E-state index contributed by atoms with van der Waals surface area (Å²) in [6.45, 7) is 6.43. The predicted octanol–water partition coefficient (Wildman–Crippen LogP) is 2.93. The maximum atomic E-state index is 12.3. The van der Waals surface area contributed by atoms with Gasteiger partial charge in [-0.15, -0.1) is 11.8 Å². The summed E-state index contributed by atoms with van der Waals surface area (Å²) in [6.07, 6.45) is 2.44. The van der Waals surface area contributed by atoms with Crippen LogP contribution in [-0.2, 0) is 4.79 Å². The molecule has 1 heterocycles. The number of carbonyl (C=O) groups is 2. The van der Waals surface area contributed by atoms with Crippen LogP contribution in [0, 0.1) is 0 Å². The highest BCUT2D eigenvalue weighted by Gasteiger charge is 2.19. The van der Waals surface area contributed by atoms with E-state index in [1.807, 2.05) is 29.2 Å². The third kappa shape index (κ3) is 4.77. The fraction of sp³-hybridized carbons (Fsp3) is 0.529. The quantitative estimate of drug-likeness (QED) is 0.621. The lowest BCUT2D eigenvalue weighted by Crippen LogP contribution is -2.30. The van der Waals surface area contributed by atoms with Crippen molar-refractivity contribution in [3.8, 4) is 0 Å². The van der Waals surface area contributed by atoms with Gasteiger partial charge in [0, 0.05) is 36.2 Å². The van der Waals surface area contributed by atoms with E-state index >= 15 is 0 Å². The van der Waals surface area contributed by atoms with Gasteiger partial charge >= 0.3 is 0 Å². The predicted molar refractivity (Wildman–Crippen MR) is 90.2 cm³/mol. The topological polar surface area (TPSA) is 49.4 Å². The summed E-state index contributed by atoms with van der Waals surface area (Å²) in [5.41, 5.74) is 0.735. The van der Waals surface area contributed by atoms with Gasteiger partial charge in [0.05, 0.1) is 5.56 Å². The van der Waals surface area contributed by atoms with Gasteiger partial charge in [0.15, 0.2) is 0 Å². The fourth-order valence-electron chi connectivity index (χ4n) is 2.52. The molecular formula is C17H24N2O2S. The second-order valence-electron chi connectivity index (χ2n) is 5.76. The Morgan fingerprint density at radius 2 is 2.14 bits per heavy atom. The molecule has 0 aromatic heterocycles. The van der Waals surface area contributed by atoms with E-state index in [1.54, 1.807) is 11.8 Å².